The maximum Gasteiger partial charge on any atom is 0.343 e. The molecule has 0 bridgehead atoms. The van der Waals surface area contributed by atoms with Gasteiger partial charge in [-0.15, -0.1) is 0 Å². The van der Waals surface area contributed by atoms with Crippen LogP contribution in [-0.4, -0.2) is 25.7 Å². The van der Waals surface area contributed by atoms with Crippen LogP contribution in [0, 0.1) is 0 Å². The lowest BCUT2D eigenvalue weighted by Gasteiger charge is -2.08. The maximum atomic E-state index is 11.9. The predicted octanol–water partition coefficient (Wildman–Crippen LogP) is 0.844. The van der Waals surface area contributed by atoms with Gasteiger partial charge in [0.05, 0.1) is 5.69 Å². The van der Waals surface area contributed by atoms with Crippen molar-refractivity contribution in [2.45, 2.75) is 19.8 Å². The predicted molar refractivity (Wildman–Crippen MR) is 56.9 cm³/mol. The molecule has 16 heavy (non-hydrogen) atoms. The molecule has 0 saturated carbocycles. The Kier molecular flexibility index (Phi) is 2.26. The lowest BCUT2D eigenvalue weighted by atomic mass is 10.1. The van der Waals surface area contributed by atoms with Crippen LogP contribution in [0.2, 0.25) is 0 Å². The molecule has 84 valence electrons. The molecular weight excluding hydrogens is 210 g/mol. The Morgan fingerprint density at radius 2 is 2.25 bits per heavy atom. The number of nitrogens with one attached hydrogen (secondary N) is 1. The molecule has 0 spiro atoms. The molecule has 0 aromatic carbocycles. The fourth-order valence-corrected chi connectivity index (χ4v) is 1.60. The van der Waals surface area contributed by atoms with Crippen LogP contribution in [0.15, 0.2) is 17.1 Å². The summed E-state index contributed by atoms with van der Waals surface area (Å²) in [7, 11) is 0. The van der Waals surface area contributed by atoms with Crippen molar-refractivity contribution < 1.29 is 9.90 Å². The molecule has 0 atom stereocenters. The topological polar surface area (TPSA) is 87.5 Å². The van der Waals surface area contributed by atoms with Gasteiger partial charge in [0, 0.05) is 12.3 Å². The Morgan fingerprint density at radius 3 is 2.81 bits per heavy atom. The number of carboxylic acids is 1. The second-order valence-corrected chi connectivity index (χ2v) is 3.79. The van der Waals surface area contributed by atoms with Gasteiger partial charge < -0.3 is 5.11 Å². The first-order chi connectivity index (χ1) is 7.52. The first kappa shape index (κ1) is 10.4. The van der Waals surface area contributed by atoms with Gasteiger partial charge in [0.2, 0.25) is 0 Å². The largest absolute Gasteiger partial charge is 0.477 e. The fraction of sp³-hybridized carbons (Fsp3) is 0.300. The molecule has 2 rings (SSSR count). The molecule has 2 N–H and O–H groups in total. The van der Waals surface area contributed by atoms with Gasteiger partial charge in [-0.3, -0.25) is 9.89 Å². The minimum atomic E-state index is -1.25. The third-order valence-electron chi connectivity index (χ3n) is 2.33. The Balaban J connectivity index is 2.92. The Bertz CT molecular complexity index is 609. The Labute approximate surface area is 90.5 Å². The van der Waals surface area contributed by atoms with Crippen molar-refractivity contribution in [3.05, 3.63) is 33.9 Å². The van der Waals surface area contributed by atoms with Gasteiger partial charge in [-0.1, -0.05) is 13.8 Å². The lowest BCUT2D eigenvalue weighted by Crippen LogP contribution is -2.26. The summed E-state index contributed by atoms with van der Waals surface area (Å²) in [5.74, 6) is -1.36. The van der Waals surface area contributed by atoms with E-state index in [9.17, 15) is 9.59 Å². The minimum absolute atomic E-state index is 0.112. The summed E-state index contributed by atoms with van der Waals surface area (Å²) in [6.45, 7) is 3.61. The number of rotatable bonds is 2. The summed E-state index contributed by atoms with van der Waals surface area (Å²) in [6.07, 6.45) is 1.54. The molecule has 0 aliphatic heterocycles. The number of aromatic carboxylic acids is 1. The second-order valence-electron chi connectivity index (χ2n) is 3.79. The maximum absolute atomic E-state index is 11.9. The first-order valence-electron chi connectivity index (χ1n) is 4.85. The van der Waals surface area contributed by atoms with Crippen molar-refractivity contribution in [1.29, 1.82) is 0 Å². The van der Waals surface area contributed by atoms with Crippen LogP contribution < -0.4 is 5.56 Å². The zero-order valence-electron chi connectivity index (χ0n) is 8.89. The summed E-state index contributed by atoms with van der Waals surface area (Å²) in [5, 5.41) is 11.7. The monoisotopic (exact) mass is 221 g/mol. The average Bonchev–Trinajstić information content (AvgIpc) is 2.64. The first-order valence-corrected chi connectivity index (χ1v) is 4.85. The normalized spacial score (nSPS) is 11.2. The fourth-order valence-electron chi connectivity index (χ4n) is 1.60. The van der Waals surface area contributed by atoms with Gasteiger partial charge in [0.25, 0.3) is 5.56 Å². The number of carbonyl (C=O) groups is 1. The smallest absolute Gasteiger partial charge is 0.343 e. The van der Waals surface area contributed by atoms with Crippen LogP contribution in [0.25, 0.3) is 5.65 Å². The van der Waals surface area contributed by atoms with Crippen LogP contribution in [0.3, 0.4) is 0 Å². The third-order valence-corrected chi connectivity index (χ3v) is 2.33. The molecule has 0 radical (unpaired) electrons. The Morgan fingerprint density at radius 1 is 1.56 bits per heavy atom. The number of hydrogen-bond donors (Lipinski definition) is 2. The summed E-state index contributed by atoms with van der Waals surface area (Å²) in [5.41, 5.74) is -0.100. The van der Waals surface area contributed by atoms with E-state index in [-0.39, 0.29) is 11.5 Å². The van der Waals surface area contributed by atoms with Gasteiger partial charge in [0.15, 0.2) is 5.65 Å². The highest BCUT2D eigenvalue weighted by Gasteiger charge is 2.21. The highest BCUT2D eigenvalue weighted by atomic mass is 16.4. The van der Waals surface area contributed by atoms with E-state index < -0.39 is 11.5 Å². The van der Waals surface area contributed by atoms with E-state index >= 15 is 0 Å². The van der Waals surface area contributed by atoms with E-state index in [4.69, 9.17) is 5.11 Å². The minimum Gasteiger partial charge on any atom is -0.477 e. The zero-order valence-corrected chi connectivity index (χ0v) is 8.89. The van der Waals surface area contributed by atoms with Crippen molar-refractivity contribution in [2.75, 3.05) is 0 Å². The van der Waals surface area contributed by atoms with Gasteiger partial charge in [-0.25, -0.2) is 14.3 Å². The number of aromatic nitrogens is 3. The van der Waals surface area contributed by atoms with Gasteiger partial charge in [0.1, 0.15) is 5.56 Å². The number of aromatic amines is 1. The van der Waals surface area contributed by atoms with Gasteiger partial charge in [-0.2, -0.15) is 0 Å². The van der Waals surface area contributed by atoms with Crippen molar-refractivity contribution in [3.63, 3.8) is 0 Å². The van der Waals surface area contributed by atoms with E-state index in [1.165, 1.54) is 0 Å². The number of fused-ring (bicyclic) bond motifs is 1. The molecule has 6 nitrogen and oxygen atoms in total. The van der Waals surface area contributed by atoms with Gasteiger partial charge in [-0.05, 0) is 5.92 Å². The van der Waals surface area contributed by atoms with Crippen molar-refractivity contribution >= 4 is 11.6 Å². The summed E-state index contributed by atoms with van der Waals surface area (Å²) >= 11 is 0. The summed E-state index contributed by atoms with van der Waals surface area (Å²) < 4.78 is 1.12. The van der Waals surface area contributed by atoms with E-state index in [0.29, 0.717) is 11.3 Å². The molecule has 2 aromatic rings. The molecule has 0 aliphatic rings. The molecule has 0 amide bonds. The van der Waals surface area contributed by atoms with E-state index in [1.54, 1.807) is 26.1 Å². The van der Waals surface area contributed by atoms with E-state index in [0.717, 1.165) is 4.52 Å². The van der Waals surface area contributed by atoms with Crippen molar-refractivity contribution in [3.8, 4) is 0 Å². The summed E-state index contributed by atoms with van der Waals surface area (Å²) in [6, 6.07) is 1.62. The standard InChI is InChI=1S/C10H11N3O3/c1-5(2)8-7(10(15)16)9(14)13-6(12-8)3-4-11-13/h3-5,11H,1-2H3,(H,15,16). The number of H-pyrrole nitrogens is 1. The SMILES string of the molecule is CC(C)c1nc2cc[nH]n2c(=O)c1C(=O)O. The number of nitrogens with zero attached hydrogens (tertiary/aromatic N) is 2. The lowest BCUT2D eigenvalue weighted by molar-refractivity contribution is 0.0692. The molecule has 2 heterocycles. The highest BCUT2D eigenvalue weighted by molar-refractivity contribution is 5.88. The van der Waals surface area contributed by atoms with Crippen LogP contribution >= 0.6 is 0 Å². The highest BCUT2D eigenvalue weighted by Crippen LogP contribution is 2.15. The van der Waals surface area contributed by atoms with Crippen molar-refractivity contribution in [2.24, 2.45) is 0 Å². The third kappa shape index (κ3) is 1.39. The molecule has 6 heteroatoms. The second kappa shape index (κ2) is 3.48. The van der Waals surface area contributed by atoms with Crippen molar-refractivity contribution in [1.82, 2.24) is 14.6 Å². The summed E-state index contributed by atoms with van der Waals surface area (Å²) in [4.78, 5) is 27.1. The zero-order chi connectivity index (χ0) is 11.9. The average molecular weight is 221 g/mol. The van der Waals surface area contributed by atoms with Crippen LogP contribution in [-0.2, 0) is 0 Å². The van der Waals surface area contributed by atoms with Gasteiger partial charge >= 0.3 is 5.97 Å². The number of hydrogen-bond acceptors (Lipinski definition) is 3. The molecule has 2 aromatic heterocycles. The van der Waals surface area contributed by atoms with E-state index in [2.05, 4.69) is 10.1 Å². The van der Waals surface area contributed by atoms with E-state index in [1.807, 2.05) is 0 Å². The number of carboxylic acid groups (broad SMARTS) is 1. The molecule has 0 aliphatic carbocycles. The van der Waals surface area contributed by atoms with Crippen LogP contribution in [0.5, 0.6) is 0 Å². The molecule has 0 saturated heterocycles. The van der Waals surface area contributed by atoms with Crippen LogP contribution in [0.1, 0.15) is 35.8 Å². The quantitative estimate of drug-likeness (QED) is 0.786. The molecule has 0 unspecified atom stereocenters. The van der Waals surface area contributed by atoms with Crippen LogP contribution in [0.4, 0.5) is 0 Å². The molecular formula is C10H11N3O3. The Hall–Kier alpha value is -2.11. The molecule has 0 fully saturated rings.